The Balaban J connectivity index is 2.47. The van der Waals surface area contributed by atoms with Gasteiger partial charge >= 0.3 is 11.9 Å². The van der Waals surface area contributed by atoms with Gasteiger partial charge in [-0.3, -0.25) is 14.1 Å². The van der Waals surface area contributed by atoms with Crippen LogP contribution in [-0.2, 0) is 38.7 Å². The van der Waals surface area contributed by atoms with E-state index < -0.39 is 71.2 Å². The van der Waals surface area contributed by atoms with E-state index in [0.717, 1.165) is 64.2 Å². The van der Waals surface area contributed by atoms with Gasteiger partial charge in [0, 0.05) is 12.8 Å². The zero-order valence-corrected chi connectivity index (χ0v) is 38.8. The van der Waals surface area contributed by atoms with Gasteiger partial charge in [-0.1, -0.05) is 151 Å². The first-order valence-corrected chi connectivity index (χ1v) is 25.1. The lowest BCUT2D eigenvalue weighted by Crippen LogP contribution is -2.60. The fourth-order valence-corrected chi connectivity index (χ4v) is 7.34. The molecule has 0 spiro atoms. The summed E-state index contributed by atoms with van der Waals surface area (Å²) >= 11 is 0. The van der Waals surface area contributed by atoms with Crippen LogP contribution in [0.3, 0.4) is 0 Å². The lowest BCUT2D eigenvalue weighted by Gasteiger charge is -2.40. The van der Waals surface area contributed by atoms with Crippen LogP contribution in [0.1, 0.15) is 168 Å². The number of carbonyl (C=O) groups excluding carboxylic acids is 2. The van der Waals surface area contributed by atoms with Crippen molar-refractivity contribution >= 4 is 22.1 Å². The van der Waals surface area contributed by atoms with Crippen molar-refractivity contribution in [1.82, 2.24) is 0 Å². The van der Waals surface area contributed by atoms with Crippen molar-refractivity contribution in [2.45, 2.75) is 205 Å². The number of hydrogen-bond acceptors (Lipinski definition) is 11. The van der Waals surface area contributed by atoms with Crippen molar-refractivity contribution in [2.24, 2.45) is 0 Å². The van der Waals surface area contributed by atoms with Gasteiger partial charge in [0.15, 0.2) is 12.4 Å². The summed E-state index contributed by atoms with van der Waals surface area (Å²) in [6.07, 6.45) is 39.5. The second-order valence-corrected chi connectivity index (χ2v) is 17.5. The topological polar surface area (TPSA) is 186 Å². The second-order valence-electron chi connectivity index (χ2n) is 16.0. The molecule has 0 saturated carbocycles. The molecule has 0 aromatic carbocycles. The standard InChI is InChI=1S/C49H82O12S/c1-3-5-7-9-11-13-15-17-19-21-23-25-27-29-31-33-35-37-44(50)58-39-42(40-59-49-48(54)47(53)46(52)43(61-49)41-62(55,56)57)60-45(51)38-36-34-32-30-28-26-24-22-20-18-16-14-12-10-8-6-4-2/h5,7,11,13-14,16-17,19,23,25,29,31,42-43,46-49,52-54H,3-4,6,8-10,12,15,18,20-22,24,26-28,30,32-41H2,1-2H3,(H,55,56,57)/b7-5+,13-11+,16-14+,19-17+,25-23+,31-29+/t42-,43-,46-,47?,48?,49+/m1/s1. The lowest BCUT2D eigenvalue weighted by molar-refractivity contribution is -0.297. The lowest BCUT2D eigenvalue weighted by atomic mass is 10.00. The average molecular weight is 895 g/mol. The van der Waals surface area contributed by atoms with Crippen LogP contribution in [0.15, 0.2) is 72.9 Å². The molecule has 13 heteroatoms. The van der Waals surface area contributed by atoms with Crippen LogP contribution in [0.2, 0.25) is 0 Å². The average Bonchev–Trinajstić information content (AvgIpc) is 3.24. The molecule has 356 valence electrons. The van der Waals surface area contributed by atoms with Crippen LogP contribution in [0, 0.1) is 0 Å². The number of hydrogen-bond donors (Lipinski definition) is 4. The Morgan fingerprint density at radius 2 is 1.03 bits per heavy atom. The third-order valence-electron chi connectivity index (χ3n) is 10.3. The second kappa shape index (κ2) is 38.5. The highest BCUT2D eigenvalue weighted by molar-refractivity contribution is 7.85. The molecule has 1 heterocycles. The van der Waals surface area contributed by atoms with Crippen molar-refractivity contribution in [2.75, 3.05) is 19.0 Å². The van der Waals surface area contributed by atoms with E-state index in [2.05, 4.69) is 74.6 Å². The Kier molecular flexibility index (Phi) is 35.5. The summed E-state index contributed by atoms with van der Waals surface area (Å²) in [5, 5.41) is 30.9. The molecule has 62 heavy (non-hydrogen) atoms. The molecule has 0 aromatic rings. The van der Waals surface area contributed by atoms with Crippen LogP contribution < -0.4 is 0 Å². The molecule has 1 saturated heterocycles. The molecule has 0 aliphatic carbocycles. The van der Waals surface area contributed by atoms with Crippen LogP contribution in [-0.4, -0.2) is 96.0 Å². The third kappa shape index (κ3) is 32.7. The summed E-state index contributed by atoms with van der Waals surface area (Å²) in [4.78, 5) is 25.4. The first-order valence-electron chi connectivity index (χ1n) is 23.5. The maximum absolute atomic E-state index is 12.8. The largest absolute Gasteiger partial charge is 0.462 e. The van der Waals surface area contributed by atoms with Gasteiger partial charge in [-0.15, -0.1) is 0 Å². The predicted octanol–water partition coefficient (Wildman–Crippen LogP) is 9.89. The van der Waals surface area contributed by atoms with Crippen molar-refractivity contribution in [1.29, 1.82) is 0 Å². The Hall–Kier alpha value is -2.91. The van der Waals surface area contributed by atoms with E-state index in [1.54, 1.807) is 0 Å². The van der Waals surface area contributed by atoms with E-state index in [0.29, 0.717) is 19.3 Å². The van der Waals surface area contributed by atoms with Crippen LogP contribution in [0.25, 0.3) is 0 Å². The van der Waals surface area contributed by atoms with Gasteiger partial charge in [-0.2, -0.15) is 8.42 Å². The molecule has 1 rings (SSSR count). The summed E-state index contributed by atoms with van der Waals surface area (Å²) in [6, 6.07) is 0. The fraction of sp³-hybridized carbons (Fsp3) is 0.714. The summed E-state index contributed by atoms with van der Waals surface area (Å²) in [7, 11) is -4.61. The number of ether oxygens (including phenoxy) is 4. The highest BCUT2D eigenvalue weighted by Crippen LogP contribution is 2.24. The highest BCUT2D eigenvalue weighted by atomic mass is 32.2. The molecular formula is C49H82O12S. The van der Waals surface area contributed by atoms with Gasteiger partial charge in [0.2, 0.25) is 0 Å². The van der Waals surface area contributed by atoms with E-state index in [-0.39, 0.29) is 19.4 Å². The molecule has 0 bridgehead atoms. The number of allylic oxidation sites excluding steroid dienone is 12. The monoisotopic (exact) mass is 895 g/mol. The van der Waals surface area contributed by atoms with Gasteiger partial charge < -0.3 is 34.3 Å². The van der Waals surface area contributed by atoms with Gasteiger partial charge in [0.1, 0.15) is 36.8 Å². The van der Waals surface area contributed by atoms with Crippen molar-refractivity contribution in [3.63, 3.8) is 0 Å². The number of unbranched alkanes of at least 4 members (excludes halogenated alkanes) is 14. The molecule has 1 aliphatic heterocycles. The first kappa shape index (κ1) is 57.1. The van der Waals surface area contributed by atoms with Gasteiger partial charge in [0.05, 0.1) is 6.61 Å². The molecule has 0 radical (unpaired) electrons. The maximum atomic E-state index is 12.8. The number of aliphatic hydroxyl groups excluding tert-OH is 3. The van der Waals surface area contributed by atoms with E-state index in [9.17, 15) is 37.9 Å². The smallest absolute Gasteiger partial charge is 0.306 e. The molecule has 1 aliphatic rings. The van der Waals surface area contributed by atoms with Crippen LogP contribution >= 0.6 is 0 Å². The Labute approximate surface area is 374 Å². The molecule has 2 unspecified atom stereocenters. The predicted molar refractivity (Wildman–Crippen MR) is 247 cm³/mol. The van der Waals surface area contributed by atoms with Gasteiger partial charge in [-0.25, -0.2) is 0 Å². The Morgan fingerprint density at radius 1 is 0.565 bits per heavy atom. The van der Waals surface area contributed by atoms with Crippen molar-refractivity contribution in [3.8, 4) is 0 Å². The summed E-state index contributed by atoms with van der Waals surface area (Å²) in [5.41, 5.74) is 0. The highest BCUT2D eigenvalue weighted by Gasteiger charge is 2.46. The van der Waals surface area contributed by atoms with E-state index >= 15 is 0 Å². The van der Waals surface area contributed by atoms with Crippen molar-refractivity contribution < 1.29 is 56.8 Å². The van der Waals surface area contributed by atoms with Crippen LogP contribution in [0.5, 0.6) is 0 Å². The number of rotatable bonds is 38. The summed E-state index contributed by atoms with van der Waals surface area (Å²) in [6.45, 7) is 3.58. The van der Waals surface area contributed by atoms with E-state index in [4.69, 9.17) is 18.9 Å². The Bertz CT molecular complexity index is 1420. The minimum atomic E-state index is -4.61. The zero-order chi connectivity index (χ0) is 45.5. The molecule has 6 atom stereocenters. The third-order valence-corrected chi connectivity index (χ3v) is 11.0. The van der Waals surface area contributed by atoms with Gasteiger partial charge in [-0.05, 0) is 77.0 Å². The number of aliphatic hydroxyl groups is 3. The zero-order valence-electron chi connectivity index (χ0n) is 37.9. The fourth-order valence-electron chi connectivity index (χ4n) is 6.65. The number of carbonyl (C=O) groups is 2. The molecule has 12 nitrogen and oxygen atoms in total. The normalized spacial score (nSPS) is 20.5. The molecule has 1 fully saturated rings. The first-order chi connectivity index (χ1) is 30.0. The van der Waals surface area contributed by atoms with Gasteiger partial charge in [0.25, 0.3) is 10.1 Å². The maximum Gasteiger partial charge on any atom is 0.306 e. The molecule has 4 N–H and O–H groups in total. The minimum absolute atomic E-state index is 0.137. The minimum Gasteiger partial charge on any atom is -0.462 e. The van der Waals surface area contributed by atoms with Crippen molar-refractivity contribution in [3.05, 3.63) is 72.9 Å². The SMILES string of the molecule is CC/C=C/C/C=C/C/C=C/C/C=C/C/C=C/CCCC(=O)OC[C@H](CO[C@H]1O[C@H](CS(=O)(=O)O)[C@@H](O)C(O)C1O)OC(=O)CCCCCCCCCCC/C=C/CCCCCC. The summed E-state index contributed by atoms with van der Waals surface area (Å²) in [5.74, 6) is -2.07. The van der Waals surface area contributed by atoms with E-state index in [1.807, 2.05) is 12.2 Å². The quantitative estimate of drug-likeness (QED) is 0.0199. The molecule has 0 amide bonds. The molecule has 0 aromatic heterocycles. The van der Waals surface area contributed by atoms with E-state index in [1.165, 1.54) is 57.8 Å². The van der Waals surface area contributed by atoms with Crippen LogP contribution in [0.4, 0.5) is 0 Å². The molecular weight excluding hydrogens is 813 g/mol. The summed E-state index contributed by atoms with van der Waals surface area (Å²) < 4.78 is 54.1. The Morgan fingerprint density at radius 3 is 1.58 bits per heavy atom. The number of esters is 2.